The van der Waals surface area contributed by atoms with E-state index < -0.39 is 0 Å². The number of benzene rings is 1. The van der Waals surface area contributed by atoms with Gasteiger partial charge in [-0.1, -0.05) is 18.9 Å². The van der Waals surface area contributed by atoms with E-state index in [9.17, 15) is 10.2 Å². The van der Waals surface area contributed by atoms with Gasteiger partial charge in [0.05, 0.1) is 0 Å². The van der Waals surface area contributed by atoms with E-state index >= 15 is 0 Å². The number of hydrogen-bond acceptors (Lipinski definition) is 6. The van der Waals surface area contributed by atoms with Gasteiger partial charge in [0.25, 0.3) is 11.8 Å². The zero-order valence-corrected chi connectivity index (χ0v) is 11.1. The molecule has 2 aromatic rings. The largest absolute Gasteiger partial charge is 0.507 e. The van der Waals surface area contributed by atoms with Crippen molar-refractivity contribution in [2.24, 2.45) is 0 Å². The molecule has 20 heavy (non-hydrogen) atoms. The highest BCUT2D eigenvalue weighted by atomic mass is 16.5. The van der Waals surface area contributed by atoms with Crippen molar-refractivity contribution in [1.29, 1.82) is 0 Å². The van der Waals surface area contributed by atoms with Gasteiger partial charge in [0, 0.05) is 13.1 Å². The Kier molecular flexibility index (Phi) is 3.45. The van der Waals surface area contributed by atoms with Crippen LogP contribution in [0.15, 0.2) is 22.7 Å². The number of rotatable bonds is 2. The molecule has 1 aromatic carbocycles. The number of aromatic hydroxyl groups is 2. The molecule has 6 nitrogen and oxygen atoms in total. The third-order valence-electron chi connectivity index (χ3n) is 3.54. The first kappa shape index (κ1) is 12.8. The molecule has 0 atom stereocenters. The summed E-state index contributed by atoms with van der Waals surface area (Å²) in [4.78, 5) is 6.38. The second kappa shape index (κ2) is 5.40. The van der Waals surface area contributed by atoms with E-state index in [2.05, 4.69) is 15.0 Å². The maximum Gasteiger partial charge on any atom is 0.267 e. The van der Waals surface area contributed by atoms with Gasteiger partial charge in [0.1, 0.15) is 17.1 Å². The lowest BCUT2D eigenvalue weighted by molar-refractivity contribution is 0.414. The van der Waals surface area contributed by atoms with Gasteiger partial charge in [-0.05, 0) is 30.1 Å². The van der Waals surface area contributed by atoms with Crippen molar-refractivity contribution in [3.63, 3.8) is 0 Å². The second-order valence-corrected chi connectivity index (χ2v) is 4.97. The lowest BCUT2D eigenvalue weighted by Crippen LogP contribution is -2.24. The summed E-state index contributed by atoms with van der Waals surface area (Å²) >= 11 is 0. The molecule has 0 unspecified atom stereocenters. The molecule has 2 heterocycles. The molecule has 0 aliphatic carbocycles. The van der Waals surface area contributed by atoms with Gasteiger partial charge < -0.3 is 19.6 Å². The maximum atomic E-state index is 9.81. The molecule has 0 saturated carbocycles. The van der Waals surface area contributed by atoms with Crippen molar-refractivity contribution >= 4 is 5.95 Å². The predicted octanol–water partition coefficient (Wildman–Crippen LogP) is 2.53. The molecule has 1 aliphatic heterocycles. The Bertz CT molecular complexity index is 569. The summed E-state index contributed by atoms with van der Waals surface area (Å²) in [7, 11) is 0. The van der Waals surface area contributed by atoms with Gasteiger partial charge in [-0.15, -0.1) is 0 Å². The van der Waals surface area contributed by atoms with Crippen LogP contribution in [0.5, 0.6) is 11.5 Å². The van der Waals surface area contributed by atoms with Crippen LogP contribution in [0.1, 0.15) is 25.7 Å². The average molecular weight is 275 g/mol. The number of hydrogen-bond donors (Lipinski definition) is 2. The molecular weight excluding hydrogens is 258 g/mol. The summed E-state index contributed by atoms with van der Waals surface area (Å²) in [5.74, 6) is 0.511. The molecule has 6 heteroatoms. The molecule has 0 spiro atoms. The molecule has 1 saturated heterocycles. The van der Waals surface area contributed by atoms with Gasteiger partial charge in [0.2, 0.25) is 0 Å². The average Bonchev–Trinajstić information content (AvgIpc) is 2.74. The minimum atomic E-state index is -0.0731. The van der Waals surface area contributed by atoms with Crippen LogP contribution in [0.25, 0.3) is 11.5 Å². The fraction of sp³-hybridized carbons (Fsp3) is 0.429. The van der Waals surface area contributed by atoms with Gasteiger partial charge in [-0.3, -0.25) is 0 Å². The Morgan fingerprint density at radius 2 is 1.65 bits per heavy atom. The van der Waals surface area contributed by atoms with E-state index in [1.54, 1.807) is 6.07 Å². The zero-order valence-electron chi connectivity index (χ0n) is 11.1. The lowest BCUT2D eigenvalue weighted by Gasteiger charge is -2.16. The molecule has 0 bridgehead atoms. The normalized spacial score (nSPS) is 16.1. The van der Waals surface area contributed by atoms with Crippen LogP contribution in [-0.2, 0) is 0 Å². The van der Waals surface area contributed by atoms with Crippen LogP contribution >= 0.6 is 0 Å². The summed E-state index contributed by atoms with van der Waals surface area (Å²) < 4.78 is 5.18. The topological polar surface area (TPSA) is 82.6 Å². The Morgan fingerprint density at radius 3 is 2.30 bits per heavy atom. The van der Waals surface area contributed by atoms with Crippen molar-refractivity contribution < 1.29 is 14.7 Å². The monoisotopic (exact) mass is 275 g/mol. The van der Waals surface area contributed by atoms with Crippen LogP contribution in [0.2, 0.25) is 0 Å². The maximum absolute atomic E-state index is 9.81. The molecule has 0 radical (unpaired) electrons. The molecule has 2 N–H and O–H groups in total. The van der Waals surface area contributed by atoms with Crippen molar-refractivity contribution in [3.8, 4) is 23.0 Å². The van der Waals surface area contributed by atoms with E-state index in [0.29, 0.717) is 5.95 Å². The summed E-state index contributed by atoms with van der Waals surface area (Å²) in [6.07, 6.45) is 4.68. The predicted molar refractivity (Wildman–Crippen MR) is 73.7 cm³/mol. The van der Waals surface area contributed by atoms with Crippen LogP contribution in [0.4, 0.5) is 5.95 Å². The van der Waals surface area contributed by atoms with Gasteiger partial charge in [0.15, 0.2) is 0 Å². The molecule has 3 rings (SSSR count). The minimum absolute atomic E-state index is 0.0731. The summed E-state index contributed by atoms with van der Waals surface area (Å²) in [6.45, 7) is 1.82. The van der Waals surface area contributed by atoms with E-state index in [-0.39, 0.29) is 23.0 Å². The molecule has 0 amide bonds. The first-order valence-corrected chi connectivity index (χ1v) is 6.85. The Labute approximate surface area is 116 Å². The Hall–Kier alpha value is -2.24. The summed E-state index contributed by atoms with van der Waals surface area (Å²) in [6, 6.07) is 4.51. The van der Waals surface area contributed by atoms with Crippen LogP contribution in [-0.4, -0.2) is 33.4 Å². The van der Waals surface area contributed by atoms with Gasteiger partial charge in [-0.25, -0.2) is 0 Å². The summed E-state index contributed by atoms with van der Waals surface area (Å²) in [5.41, 5.74) is 0.182. The van der Waals surface area contributed by atoms with Crippen molar-refractivity contribution in [2.45, 2.75) is 25.7 Å². The summed E-state index contributed by atoms with van der Waals surface area (Å²) in [5, 5.41) is 23.6. The van der Waals surface area contributed by atoms with Crippen molar-refractivity contribution in [3.05, 3.63) is 18.2 Å². The SMILES string of the molecule is Oc1cccc(O)c1-c1nc(N2CCCCCC2)no1. The highest BCUT2D eigenvalue weighted by Gasteiger charge is 2.20. The van der Waals surface area contributed by atoms with Crippen LogP contribution in [0, 0.1) is 0 Å². The number of phenolic OH excluding ortho intramolecular Hbond substituents is 2. The van der Waals surface area contributed by atoms with Gasteiger partial charge >= 0.3 is 0 Å². The fourth-order valence-corrected chi connectivity index (χ4v) is 2.46. The van der Waals surface area contributed by atoms with E-state index in [1.807, 2.05) is 0 Å². The number of phenols is 2. The van der Waals surface area contributed by atoms with E-state index in [0.717, 1.165) is 25.9 Å². The zero-order chi connectivity index (χ0) is 13.9. The fourth-order valence-electron chi connectivity index (χ4n) is 2.46. The smallest absolute Gasteiger partial charge is 0.267 e. The molecule has 1 aromatic heterocycles. The van der Waals surface area contributed by atoms with Crippen LogP contribution in [0.3, 0.4) is 0 Å². The lowest BCUT2D eigenvalue weighted by atomic mass is 10.2. The first-order valence-electron chi connectivity index (χ1n) is 6.85. The van der Waals surface area contributed by atoms with E-state index in [1.165, 1.54) is 25.0 Å². The van der Waals surface area contributed by atoms with E-state index in [4.69, 9.17) is 4.52 Å². The molecule has 1 fully saturated rings. The number of nitrogens with zero attached hydrogens (tertiary/aromatic N) is 3. The standard InChI is InChI=1S/C14H17N3O3/c18-10-6-5-7-11(19)12(10)13-15-14(16-20-13)17-8-3-1-2-4-9-17/h5-7,18-19H,1-4,8-9H2. The molecule has 1 aliphatic rings. The van der Waals surface area contributed by atoms with Crippen LogP contribution < -0.4 is 4.90 Å². The van der Waals surface area contributed by atoms with Crippen molar-refractivity contribution in [1.82, 2.24) is 10.1 Å². The molecule has 106 valence electrons. The Morgan fingerprint density at radius 1 is 1.00 bits per heavy atom. The number of anilines is 1. The first-order chi connectivity index (χ1) is 9.75. The highest BCUT2D eigenvalue weighted by Crippen LogP contribution is 2.36. The number of aromatic nitrogens is 2. The minimum Gasteiger partial charge on any atom is -0.507 e. The van der Waals surface area contributed by atoms with Gasteiger partial charge in [-0.2, -0.15) is 4.98 Å². The second-order valence-electron chi connectivity index (χ2n) is 4.97. The third-order valence-corrected chi connectivity index (χ3v) is 3.54. The van der Waals surface area contributed by atoms with Crippen molar-refractivity contribution in [2.75, 3.05) is 18.0 Å². The highest BCUT2D eigenvalue weighted by molar-refractivity contribution is 5.70. The molecular formula is C14H17N3O3. The third kappa shape index (κ3) is 2.41. The Balaban J connectivity index is 1.90. The quantitative estimate of drug-likeness (QED) is 0.876.